The van der Waals surface area contributed by atoms with Gasteiger partial charge in [0.2, 0.25) is 0 Å². The Labute approximate surface area is 192 Å². The Morgan fingerprint density at radius 1 is 1.06 bits per heavy atom. The highest BCUT2D eigenvalue weighted by Gasteiger charge is 2.19. The van der Waals surface area contributed by atoms with E-state index in [0.717, 1.165) is 61.6 Å². The van der Waals surface area contributed by atoms with Crippen molar-refractivity contribution in [2.24, 2.45) is 7.05 Å². The van der Waals surface area contributed by atoms with Gasteiger partial charge in [0, 0.05) is 33.2 Å². The number of para-hydroxylation sites is 2. The molecule has 1 aromatic heterocycles. The van der Waals surface area contributed by atoms with Crippen LogP contribution in [0.4, 0.5) is 0 Å². The predicted octanol–water partition coefficient (Wildman–Crippen LogP) is 4.85. The van der Waals surface area contributed by atoms with Crippen LogP contribution >= 0.6 is 0 Å². The van der Waals surface area contributed by atoms with Crippen molar-refractivity contribution in [2.75, 3.05) is 32.7 Å². The highest BCUT2D eigenvalue weighted by atomic mass is 15.3. The van der Waals surface area contributed by atoms with E-state index in [1.165, 1.54) is 30.5 Å². The van der Waals surface area contributed by atoms with Gasteiger partial charge in [0.15, 0.2) is 0 Å². The van der Waals surface area contributed by atoms with Crippen LogP contribution in [0.1, 0.15) is 54.6 Å². The summed E-state index contributed by atoms with van der Waals surface area (Å²) in [5.74, 6) is 1.74. The molecule has 0 saturated carbocycles. The van der Waals surface area contributed by atoms with Crippen LogP contribution in [0.25, 0.3) is 11.0 Å². The Morgan fingerprint density at radius 2 is 1.81 bits per heavy atom. The van der Waals surface area contributed by atoms with Crippen LogP contribution in [-0.2, 0) is 13.6 Å². The minimum atomic E-state index is 0.584. The minimum Gasteiger partial charge on any atom is -0.330 e. The Bertz CT molecular complexity index is 1090. The lowest BCUT2D eigenvalue weighted by Crippen LogP contribution is -2.46. The third-order valence-corrected chi connectivity index (χ3v) is 7.07. The molecule has 1 fully saturated rings. The SMILES string of the molecule is CCC(CCCN1CCN(Cc2nc3ccccc3n2C)CC1)c1ccc(C#N)c(C)c1. The Kier molecular flexibility index (Phi) is 7.24. The zero-order valence-electron chi connectivity index (χ0n) is 19.7. The number of piperazine rings is 1. The van der Waals surface area contributed by atoms with Crippen molar-refractivity contribution in [1.29, 1.82) is 5.26 Å². The number of hydrogen-bond donors (Lipinski definition) is 0. The second-order valence-corrected chi connectivity index (χ2v) is 9.13. The standard InChI is InChI=1S/C27H35N5/c1-4-22(23-11-12-24(19-28)21(2)18-23)8-7-13-31-14-16-32(17-15-31)20-27-29-25-9-5-6-10-26(25)30(27)3/h5-6,9-12,18,22H,4,7-8,13-17,20H2,1-3H3. The molecule has 168 valence electrons. The van der Waals surface area contributed by atoms with E-state index >= 15 is 0 Å². The minimum absolute atomic E-state index is 0.584. The molecule has 5 nitrogen and oxygen atoms in total. The second-order valence-electron chi connectivity index (χ2n) is 9.13. The molecule has 4 rings (SSSR count). The number of fused-ring (bicyclic) bond motifs is 1. The van der Waals surface area contributed by atoms with Gasteiger partial charge in [-0.1, -0.05) is 31.2 Å². The van der Waals surface area contributed by atoms with Gasteiger partial charge in [-0.25, -0.2) is 4.98 Å². The summed E-state index contributed by atoms with van der Waals surface area (Å²) in [7, 11) is 2.13. The molecule has 2 heterocycles. The van der Waals surface area contributed by atoms with Gasteiger partial charge in [-0.3, -0.25) is 4.90 Å². The van der Waals surface area contributed by atoms with Crippen molar-refractivity contribution >= 4 is 11.0 Å². The van der Waals surface area contributed by atoms with E-state index in [9.17, 15) is 5.26 Å². The molecule has 3 aromatic rings. The first-order valence-electron chi connectivity index (χ1n) is 11.9. The molecule has 0 bridgehead atoms. The fourth-order valence-corrected chi connectivity index (χ4v) is 4.94. The number of nitrogens with zero attached hydrogens (tertiary/aromatic N) is 5. The van der Waals surface area contributed by atoms with Crippen molar-refractivity contribution in [3.05, 3.63) is 65.0 Å². The lowest BCUT2D eigenvalue weighted by Gasteiger charge is -2.34. The molecule has 1 saturated heterocycles. The predicted molar refractivity (Wildman–Crippen MR) is 131 cm³/mol. The van der Waals surface area contributed by atoms with E-state index in [2.05, 4.69) is 70.8 Å². The highest BCUT2D eigenvalue weighted by molar-refractivity contribution is 5.75. The average Bonchev–Trinajstić information content (AvgIpc) is 3.13. The van der Waals surface area contributed by atoms with Gasteiger partial charge in [0.1, 0.15) is 5.82 Å². The number of nitriles is 1. The molecule has 1 unspecified atom stereocenters. The third kappa shape index (κ3) is 5.03. The van der Waals surface area contributed by atoms with Crippen LogP contribution in [0, 0.1) is 18.3 Å². The van der Waals surface area contributed by atoms with E-state index in [0.29, 0.717) is 5.92 Å². The van der Waals surface area contributed by atoms with Crippen molar-refractivity contribution in [1.82, 2.24) is 19.4 Å². The molecule has 0 amide bonds. The third-order valence-electron chi connectivity index (χ3n) is 7.07. The van der Waals surface area contributed by atoms with Crippen LogP contribution in [-0.4, -0.2) is 52.1 Å². The summed E-state index contributed by atoms with van der Waals surface area (Å²) in [6.45, 7) is 10.9. The van der Waals surface area contributed by atoms with E-state index in [1.54, 1.807) is 0 Å². The van der Waals surface area contributed by atoms with Gasteiger partial charge < -0.3 is 9.47 Å². The topological polar surface area (TPSA) is 48.1 Å². The van der Waals surface area contributed by atoms with Crippen LogP contribution in [0.3, 0.4) is 0 Å². The molecule has 1 aliphatic heterocycles. The van der Waals surface area contributed by atoms with Gasteiger partial charge in [-0.05, 0) is 68.0 Å². The maximum absolute atomic E-state index is 9.18. The first-order valence-corrected chi connectivity index (χ1v) is 11.9. The number of imidazole rings is 1. The van der Waals surface area contributed by atoms with Gasteiger partial charge in [-0.2, -0.15) is 5.26 Å². The van der Waals surface area contributed by atoms with Crippen LogP contribution < -0.4 is 0 Å². The van der Waals surface area contributed by atoms with E-state index in [-0.39, 0.29) is 0 Å². The zero-order valence-corrected chi connectivity index (χ0v) is 19.7. The zero-order chi connectivity index (χ0) is 22.5. The van der Waals surface area contributed by atoms with E-state index in [1.807, 2.05) is 13.0 Å². The summed E-state index contributed by atoms with van der Waals surface area (Å²) in [6.07, 6.45) is 3.58. The average molecular weight is 430 g/mol. The normalized spacial score (nSPS) is 16.3. The lowest BCUT2D eigenvalue weighted by molar-refractivity contribution is 0.122. The molecule has 32 heavy (non-hydrogen) atoms. The molecule has 0 N–H and O–H groups in total. The number of rotatable bonds is 8. The lowest BCUT2D eigenvalue weighted by atomic mass is 9.90. The van der Waals surface area contributed by atoms with Crippen LogP contribution in [0.2, 0.25) is 0 Å². The van der Waals surface area contributed by atoms with E-state index < -0.39 is 0 Å². The highest BCUT2D eigenvalue weighted by Crippen LogP contribution is 2.27. The van der Waals surface area contributed by atoms with Crippen molar-refractivity contribution in [2.45, 2.75) is 45.6 Å². The molecule has 2 aromatic carbocycles. The van der Waals surface area contributed by atoms with Crippen LogP contribution in [0.5, 0.6) is 0 Å². The summed E-state index contributed by atoms with van der Waals surface area (Å²) in [5, 5.41) is 9.18. The largest absolute Gasteiger partial charge is 0.330 e. The molecule has 1 aliphatic rings. The second kappa shape index (κ2) is 10.3. The van der Waals surface area contributed by atoms with Crippen molar-refractivity contribution in [3.63, 3.8) is 0 Å². The van der Waals surface area contributed by atoms with Gasteiger partial charge >= 0.3 is 0 Å². The summed E-state index contributed by atoms with van der Waals surface area (Å²) < 4.78 is 2.23. The summed E-state index contributed by atoms with van der Waals surface area (Å²) in [6, 6.07) is 17.0. The maximum Gasteiger partial charge on any atom is 0.123 e. The molecule has 0 spiro atoms. The number of aryl methyl sites for hydroxylation is 2. The van der Waals surface area contributed by atoms with Gasteiger partial charge in [0.05, 0.1) is 29.2 Å². The Balaban J connectivity index is 1.24. The van der Waals surface area contributed by atoms with Crippen LogP contribution in [0.15, 0.2) is 42.5 Å². The summed E-state index contributed by atoms with van der Waals surface area (Å²) in [4.78, 5) is 9.99. The number of benzene rings is 2. The van der Waals surface area contributed by atoms with Gasteiger partial charge in [-0.15, -0.1) is 0 Å². The first-order chi connectivity index (χ1) is 15.6. The molecule has 1 atom stereocenters. The first kappa shape index (κ1) is 22.5. The Morgan fingerprint density at radius 3 is 2.50 bits per heavy atom. The fraction of sp³-hybridized carbons (Fsp3) is 0.481. The molecular weight excluding hydrogens is 394 g/mol. The number of hydrogen-bond acceptors (Lipinski definition) is 4. The number of aromatic nitrogens is 2. The Hall–Kier alpha value is -2.68. The van der Waals surface area contributed by atoms with Crippen molar-refractivity contribution < 1.29 is 0 Å². The molecule has 0 radical (unpaired) electrons. The van der Waals surface area contributed by atoms with Crippen molar-refractivity contribution in [3.8, 4) is 6.07 Å². The van der Waals surface area contributed by atoms with Gasteiger partial charge in [0.25, 0.3) is 0 Å². The summed E-state index contributed by atoms with van der Waals surface area (Å²) >= 11 is 0. The fourth-order valence-electron chi connectivity index (χ4n) is 4.94. The molecule has 0 aliphatic carbocycles. The maximum atomic E-state index is 9.18. The molecular formula is C27H35N5. The van der Waals surface area contributed by atoms with E-state index in [4.69, 9.17) is 4.98 Å². The quantitative estimate of drug-likeness (QED) is 0.514. The monoisotopic (exact) mass is 429 g/mol. The molecule has 5 heteroatoms. The summed E-state index contributed by atoms with van der Waals surface area (Å²) in [5.41, 5.74) is 5.58. The smallest absolute Gasteiger partial charge is 0.123 e.